The molecule has 0 aliphatic rings. The summed E-state index contributed by atoms with van der Waals surface area (Å²) in [6.07, 6.45) is 3.25. The lowest BCUT2D eigenvalue weighted by molar-refractivity contribution is -0.121. The second kappa shape index (κ2) is 11.2. The molecule has 4 nitrogen and oxygen atoms in total. The molecule has 0 saturated heterocycles. The van der Waals surface area contributed by atoms with E-state index in [0.717, 1.165) is 35.5 Å². The zero-order valence-corrected chi connectivity index (χ0v) is 15.8. The van der Waals surface area contributed by atoms with Crippen LogP contribution in [0.2, 0.25) is 0 Å². The summed E-state index contributed by atoms with van der Waals surface area (Å²) in [6, 6.07) is 15.9. The van der Waals surface area contributed by atoms with Crippen LogP contribution in [0.25, 0.3) is 0 Å². The van der Waals surface area contributed by atoms with Crippen LogP contribution in [0.4, 0.5) is 0 Å². The number of ether oxygens (including phenoxy) is 2. The van der Waals surface area contributed by atoms with Gasteiger partial charge in [-0.05, 0) is 43.0 Å². The Balaban J connectivity index is 1.85. The number of unbranched alkanes of at least 4 members (excludes halogenated alkanes) is 1. The van der Waals surface area contributed by atoms with E-state index in [1.165, 1.54) is 0 Å². The molecule has 0 aliphatic heterocycles. The fourth-order valence-corrected chi connectivity index (χ4v) is 2.56. The Hall–Kier alpha value is -2.49. The zero-order valence-electron chi connectivity index (χ0n) is 15.8. The molecule has 0 aliphatic carbocycles. The molecule has 0 atom stereocenters. The van der Waals surface area contributed by atoms with E-state index >= 15 is 0 Å². The van der Waals surface area contributed by atoms with Gasteiger partial charge in [-0.3, -0.25) is 4.79 Å². The van der Waals surface area contributed by atoms with Crippen LogP contribution < -0.4 is 14.8 Å². The summed E-state index contributed by atoms with van der Waals surface area (Å²) in [7, 11) is 0. The molecule has 0 bridgehead atoms. The van der Waals surface area contributed by atoms with Crippen molar-refractivity contribution in [3.8, 4) is 11.5 Å². The van der Waals surface area contributed by atoms with Gasteiger partial charge in [0.15, 0.2) is 11.5 Å². The van der Waals surface area contributed by atoms with E-state index in [1.807, 2.05) is 55.5 Å². The van der Waals surface area contributed by atoms with Gasteiger partial charge in [0.05, 0.1) is 13.2 Å². The van der Waals surface area contributed by atoms with Crippen LogP contribution in [-0.2, 0) is 17.8 Å². The molecule has 2 aromatic rings. The molecule has 1 amide bonds. The van der Waals surface area contributed by atoms with Crippen molar-refractivity contribution in [2.75, 3.05) is 13.2 Å². The largest absolute Gasteiger partial charge is 0.490 e. The maximum atomic E-state index is 12.1. The molecule has 0 unspecified atom stereocenters. The summed E-state index contributed by atoms with van der Waals surface area (Å²) in [4.78, 5) is 12.1. The Kier molecular flexibility index (Phi) is 8.53. The molecule has 1 N–H and O–H groups in total. The summed E-state index contributed by atoms with van der Waals surface area (Å²) >= 11 is 0. The van der Waals surface area contributed by atoms with Crippen LogP contribution in [0.5, 0.6) is 11.5 Å². The van der Waals surface area contributed by atoms with Gasteiger partial charge in [-0.15, -0.1) is 0 Å². The molecule has 0 heterocycles. The number of amides is 1. The molecular weight excluding hydrogens is 326 g/mol. The molecule has 140 valence electrons. The SMILES string of the molecule is CCCCOc1ccc(CCC(=O)NCc2ccccc2)cc1OCC. The van der Waals surface area contributed by atoms with Gasteiger partial charge in [-0.2, -0.15) is 0 Å². The minimum atomic E-state index is 0.0510. The molecule has 4 heteroatoms. The Bertz CT molecular complexity index is 670. The Morgan fingerprint density at radius 2 is 1.77 bits per heavy atom. The lowest BCUT2D eigenvalue weighted by atomic mass is 10.1. The second-order valence-electron chi connectivity index (χ2n) is 6.18. The molecule has 0 spiro atoms. The minimum Gasteiger partial charge on any atom is -0.490 e. The van der Waals surface area contributed by atoms with Crippen LogP contribution >= 0.6 is 0 Å². The average Bonchev–Trinajstić information content (AvgIpc) is 2.67. The number of nitrogens with one attached hydrogen (secondary N) is 1. The molecule has 0 radical (unpaired) electrons. The van der Waals surface area contributed by atoms with Gasteiger partial charge in [-0.25, -0.2) is 0 Å². The van der Waals surface area contributed by atoms with Gasteiger partial charge in [0.1, 0.15) is 0 Å². The minimum absolute atomic E-state index is 0.0510. The number of carbonyl (C=O) groups is 1. The van der Waals surface area contributed by atoms with Gasteiger partial charge in [-0.1, -0.05) is 49.7 Å². The first-order valence-corrected chi connectivity index (χ1v) is 9.42. The van der Waals surface area contributed by atoms with E-state index in [4.69, 9.17) is 9.47 Å². The number of hydrogen-bond donors (Lipinski definition) is 1. The summed E-state index contributed by atoms with van der Waals surface area (Å²) in [5, 5.41) is 2.96. The monoisotopic (exact) mass is 355 g/mol. The average molecular weight is 355 g/mol. The normalized spacial score (nSPS) is 10.4. The van der Waals surface area contributed by atoms with Crippen molar-refractivity contribution in [2.24, 2.45) is 0 Å². The van der Waals surface area contributed by atoms with E-state index in [9.17, 15) is 4.79 Å². The molecule has 2 rings (SSSR count). The topological polar surface area (TPSA) is 47.6 Å². The van der Waals surface area contributed by atoms with Crippen molar-refractivity contribution in [3.05, 3.63) is 59.7 Å². The fraction of sp³-hybridized carbons (Fsp3) is 0.409. The van der Waals surface area contributed by atoms with E-state index in [2.05, 4.69) is 12.2 Å². The predicted molar refractivity (Wildman–Crippen MR) is 105 cm³/mol. The highest BCUT2D eigenvalue weighted by atomic mass is 16.5. The van der Waals surface area contributed by atoms with Crippen molar-refractivity contribution in [2.45, 2.75) is 46.1 Å². The number of benzene rings is 2. The first kappa shape index (κ1) is 19.8. The fourth-order valence-electron chi connectivity index (χ4n) is 2.56. The third kappa shape index (κ3) is 6.79. The predicted octanol–water partition coefficient (Wildman–Crippen LogP) is 4.51. The Labute approximate surface area is 156 Å². The molecule has 26 heavy (non-hydrogen) atoms. The molecule has 0 aromatic heterocycles. The highest BCUT2D eigenvalue weighted by Gasteiger charge is 2.08. The summed E-state index contributed by atoms with van der Waals surface area (Å²) in [6.45, 7) is 5.94. The van der Waals surface area contributed by atoms with Crippen LogP contribution in [0.15, 0.2) is 48.5 Å². The number of carbonyl (C=O) groups excluding carboxylic acids is 1. The van der Waals surface area contributed by atoms with E-state index in [-0.39, 0.29) is 5.91 Å². The number of rotatable bonds is 11. The Morgan fingerprint density at radius 1 is 0.962 bits per heavy atom. The third-order valence-corrected chi connectivity index (χ3v) is 4.04. The van der Waals surface area contributed by atoms with Crippen LogP contribution in [0.3, 0.4) is 0 Å². The van der Waals surface area contributed by atoms with Crippen LogP contribution in [0.1, 0.15) is 44.2 Å². The summed E-state index contributed by atoms with van der Waals surface area (Å²) in [5.41, 5.74) is 2.18. The summed E-state index contributed by atoms with van der Waals surface area (Å²) in [5.74, 6) is 1.58. The van der Waals surface area contributed by atoms with Crippen molar-refractivity contribution < 1.29 is 14.3 Å². The molecular formula is C22H29NO3. The second-order valence-corrected chi connectivity index (χ2v) is 6.18. The highest BCUT2D eigenvalue weighted by Crippen LogP contribution is 2.29. The third-order valence-electron chi connectivity index (χ3n) is 4.04. The first-order valence-electron chi connectivity index (χ1n) is 9.42. The van der Waals surface area contributed by atoms with Crippen molar-refractivity contribution in [1.29, 1.82) is 0 Å². The van der Waals surface area contributed by atoms with Crippen molar-refractivity contribution in [1.82, 2.24) is 5.32 Å². The van der Waals surface area contributed by atoms with Gasteiger partial charge < -0.3 is 14.8 Å². The van der Waals surface area contributed by atoms with Crippen LogP contribution in [-0.4, -0.2) is 19.1 Å². The van der Waals surface area contributed by atoms with Gasteiger partial charge in [0.25, 0.3) is 0 Å². The Morgan fingerprint density at radius 3 is 2.50 bits per heavy atom. The lowest BCUT2D eigenvalue weighted by Gasteiger charge is -2.13. The van der Waals surface area contributed by atoms with E-state index in [0.29, 0.717) is 32.6 Å². The lowest BCUT2D eigenvalue weighted by Crippen LogP contribution is -2.22. The number of hydrogen-bond acceptors (Lipinski definition) is 3. The maximum Gasteiger partial charge on any atom is 0.220 e. The van der Waals surface area contributed by atoms with Crippen molar-refractivity contribution >= 4 is 5.91 Å². The maximum absolute atomic E-state index is 12.1. The molecule has 0 fully saturated rings. The quantitative estimate of drug-likeness (QED) is 0.603. The smallest absolute Gasteiger partial charge is 0.220 e. The zero-order chi connectivity index (χ0) is 18.6. The highest BCUT2D eigenvalue weighted by molar-refractivity contribution is 5.76. The van der Waals surface area contributed by atoms with Crippen molar-refractivity contribution in [3.63, 3.8) is 0 Å². The molecule has 2 aromatic carbocycles. The van der Waals surface area contributed by atoms with Gasteiger partial charge in [0, 0.05) is 13.0 Å². The number of aryl methyl sites for hydroxylation is 1. The standard InChI is InChI=1S/C22H29NO3/c1-3-5-15-26-20-13-11-18(16-21(20)25-4-2)12-14-22(24)23-17-19-9-7-6-8-10-19/h6-11,13,16H,3-5,12,14-15,17H2,1-2H3,(H,23,24). The van der Waals surface area contributed by atoms with Gasteiger partial charge >= 0.3 is 0 Å². The van der Waals surface area contributed by atoms with E-state index in [1.54, 1.807) is 0 Å². The van der Waals surface area contributed by atoms with E-state index < -0.39 is 0 Å². The first-order chi connectivity index (χ1) is 12.7. The van der Waals surface area contributed by atoms with Crippen LogP contribution in [0, 0.1) is 0 Å². The van der Waals surface area contributed by atoms with Gasteiger partial charge in [0.2, 0.25) is 5.91 Å². The summed E-state index contributed by atoms with van der Waals surface area (Å²) < 4.78 is 11.5. The molecule has 0 saturated carbocycles.